The first-order chi connectivity index (χ1) is 5.76. The number of nitrogens with one attached hydrogen (secondary N) is 1. The first-order valence-corrected chi connectivity index (χ1v) is 4.29. The van der Waals surface area contributed by atoms with Crippen LogP contribution in [0.4, 0.5) is 0 Å². The van der Waals surface area contributed by atoms with E-state index in [1.807, 2.05) is 18.2 Å². The van der Waals surface area contributed by atoms with Crippen molar-refractivity contribution in [2.24, 2.45) is 0 Å². The molecule has 0 atom stereocenters. The average molecular weight is 186 g/mol. The van der Waals surface area contributed by atoms with Crippen molar-refractivity contribution in [3.63, 3.8) is 0 Å². The number of rotatable bonds is 3. The Morgan fingerprint density at radius 3 is 2.58 bits per heavy atom. The van der Waals surface area contributed by atoms with Crippen molar-refractivity contribution < 1.29 is 5.21 Å². The van der Waals surface area contributed by atoms with Crippen LogP contribution in [0.25, 0.3) is 0 Å². The summed E-state index contributed by atoms with van der Waals surface area (Å²) < 4.78 is 0. The molecule has 1 aromatic carbocycles. The smallest absolute Gasteiger partial charge is 0.0458 e. The molecule has 0 amide bonds. The molecule has 0 spiro atoms. The lowest BCUT2D eigenvalue weighted by Crippen LogP contribution is -2.06. The topological polar surface area (TPSA) is 32.3 Å². The van der Waals surface area contributed by atoms with E-state index in [1.54, 1.807) is 0 Å². The predicted molar refractivity (Wildman–Crippen MR) is 49.5 cm³/mol. The van der Waals surface area contributed by atoms with E-state index in [1.165, 1.54) is 5.56 Å². The van der Waals surface area contributed by atoms with E-state index in [4.69, 9.17) is 16.8 Å². The second-order valence-corrected chi connectivity index (χ2v) is 3.09. The van der Waals surface area contributed by atoms with Gasteiger partial charge in [-0.1, -0.05) is 24.6 Å². The molecule has 0 saturated carbocycles. The summed E-state index contributed by atoms with van der Waals surface area (Å²) in [5.74, 6) is 0. The van der Waals surface area contributed by atoms with E-state index < -0.39 is 0 Å². The van der Waals surface area contributed by atoms with E-state index in [9.17, 15) is 0 Å². The van der Waals surface area contributed by atoms with Gasteiger partial charge in [-0.15, -0.1) is 0 Å². The maximum atomic E-state index is 8.48. The number of hydrogen-bond acceptors (Lipinski definition) is 2. The van der Waals surface area contributed by atoms with Gasteiger partial charge in [0.25, 0.3) is 0 Å². The van der Waals surface area contributed by atoms with Gasteiger partial charge in [-0.2, -0.15) is 0 Å². The zero-order valence-electron chi connectivity index (χ0n) is 6.97. The maximum absolute atomic E-state index is 8.48. The highest BCUT2D eigenvalue weighted by atomic mass is 35.5. The Hall–Kier alpha value is -0.570. The molecule has 1 aromatic rings. The predicted octanol–water partition coefficient (Wildman–Crippen LogP) is 2.38. The van der Waals surface area contributed by atoms with Crippen LogP contribution in [-0.4, -0.2) is 5.21 Å². The summed E-state index contributed by atoms with van der Waals surface area (Å²) in [7, 11) is 0. The normalized spacial score (nSPS) is 10.2. The number of hydrogen-bond donors (Lipinski definition) is 2. The van der Waals surface area contributed by atoms with E-state index in [-0.39, 0.29) is 0 Å². The zero-order chi connectivity index (χ0) is 8.97. The molecule has 3 heteroatoms. The summed E-state index contributed by atoms with van der Waals surface area (Å²) >= 11 is 5.86. The van der Waals surface area contributed by atoms with Gasteiger partial charge in [0, 0.05) is 11.6 Å². The number of hydroxylamine groups is 1. The molecule has 0 heterocycles. The first kappa shape index (κ1) is 9.52. The molecule has 0 bridgehead atoms. The third kappa shape index (κ3) is 2.48. The molecule has 0 unspecified atom stereocenters. The summed E-state index contributed by atoms with van der Waals surface area (Å²) in [4.78, 5) is 0. The summed E-state index contributed by atoms with van der Waals surface area (Å²) in [6.45, 7) is 2.51. The Kier molecular flexibility index (Phi) is 3.53. The fourth-order valence-electron chi connectivity index (χ4n) is 1.11. The molecular formula is C9H12ClNO. The maximum Gasteiger partial charge on any atom is 0.0458 e. The van der Waals surface area contributed by atoms with E-state index >= 15 is 0 Å². The lowest BCUT2D eigenvalue weighted by molar-refractivity contribution is 0.161. The van der Waals surface area contributed by atoms with Crippen molar-refractivity contribution >= 4 is 11.6 Å². The van der Waals surface area contributed by atoms with Crippen LogP contribution in [0, 0.1) is 0 Å². The first-order valence-electron chi connectivity index (χ1n) is 3.91. The van der Waals surface area contributed by atoms with Crippen LogP contribution in [0.1, 0.15) is 18.1 Å². The Balaban J connectivity index is 2.90. The number of benzene rings is 1. The largest absolute Gasteiger partial charge is 0.316 e. The number of halogens is 1. The molecule has 0 saturated heterocycles. The molecule has 0 fully saturated rings. The number of aryl methyl sites for hydroxylation is 1. The van der Waals surface area contributed by atoms with E-state index in [2.05, 4.69) is 12.4 Å². The Morgan fingerprint density at radius 1 is 1.33 bits per heavy atom. The fraction of sp³-hybridized carbons (Fsp3) is 0.333. The van der Waals surface area contributed by atoms with Gasteiger partial charge in [0.1, 0.15) is 0 Å². The molecule has 66 valence electrons. The van der Waals surface area contributed by atoms with Crippen LogP contribution < -0.4 is 5.48 Å². The standard InChI is InChI=1S/C9H12ClNO/c1-2-7-3-8(6-11-12)5-9(10)4-7/h3-5,11-12H,2,6H2,1H3. The van der Waals surface area contributed by atoms with Crippen LogP contribution >= 0.6 is 11.6 Å². The average Bonchev–Trinajstić information content (AvgIpc) is 2.04. The Labute approximate surface area is 77.1 Å². The third-order valence-electron chi connectivity index (χ3n) is 1.71. The van der Waals surface area contributed by atoms with Gasteiger partial charge in [-0.3, -0.25) is 0 Å². The van der Waals surface area contributed by atoms with Crippen molar-refractivity contribution in [3.8, 4) is 0 Å². The molecule has 12 heavy (non-hydrogen) atoms. The van der Waals surface area contributed by atoms with E-state index in [0.29, 0.717) is 6.54 Å². The highest BCUT2D eigenvalue weighted by Crippen LogP contribution is 2.15. The molecule has 0 aliphatic rings. The molecule has 2 nitrogen and oxygen atoms in total. The molecule has 2 N–H and O–H groups in total. The van der Waals surface area contributed by atoms with Crippen LogP contribution in [-0.2, 0) is 13.0 Å². The summed E-state index contributed by atoms with van der Waals surface area (Å²) in [6, 6.07) is 5.79. The third-order valence-corrected chi connectivity index (χ3v) is 1.93. The van der Waals surface area contributed by atoms with E-state index in [0.717, 1.165) is 17.0 Å². The zero-order valence-corrected chi connectivity index (χ0v) is 7.73. The minimum absolute atomic E-state index is 0.438. The van der Waals surface area contributed by atoms with Gasteiger partial charge in [-0.05, 0) is 29.7 Å². The van der Waals surface area contributed by atoms with Crippen molar-refractivity contribution in [1.82, 2.24) is 5.48 Å². The van der Waals surface area contributed by atoms with Gasteiger partial charge >= 0.3 is 0 Å². The molecule has 0 radical (unpaired) electrons. The minimum atomic E-state index is 0.438. The second-order valence-electron chi connectivity index (χ2n) is 2.66. The van der Waals surface area contributed by atoms with Crippen LogP contribution in [0.3, 0.4) is 0 Å². The van der Waals surface area contributed by atoms with Crippen LogP contribution in [0.2, 0.25) is 5.02 Å². The van der Waals surface area contributed by atoms with Crippen molar-refractivity contribution in [1.29, 1.82) is 0 Å². The van der Waals surface area contributed by atoms with Gasteiger partial charge in [-0.25, -0.2) is 5.48 Å². The summed E-state index contributed by atoms with van der Waals surface area (Å²) in [6.07, 6.45) is 0.957. The lowest BCUT2D eigenvalue weighted by atomic mass is 10.1. The van der Waals surface area contributed by atoms with Crippen molar-refractivity contribution in [3.05, 3.63) is 34.3 Å². The Bertz CT molecular complexity index is 263. The van der Waals surface area contributed by atoms with Crippen LogP contribution in [0.5, 0.6) is 0 Å². The van der Waals surface area contributed by atoms with Gasteiger partial charge < -0.3 is 5.21 Å². The molecular weight excluding hydrogens is 174 g/mol. The molecule has 0 aromatic heterocycles. The SMILES string of the molecule is CCc1cc(Cl)cc(CNO)c1. The van der Waals surface area contributed by atoms with Crippen LogP contribution in [0.15, 0.2) is 18.2 Å². The van der Waals surface area contributed by atoms with Gasteiger partial charge in [0.2, 0.25) is 0 Å². The highest BCUT2D eigenvalue weighted by molar-refractivity contribution is 6.30. The summed E-state index contributed by atoms with van der Waals surface area (Å²) in [5.41, 5.74) is 4.29. The highest BCUT2D eigenvalue weighted by Gasteiger charge is 1.97. The van der Waals surface area contributed by atoms with Gasteiger partial charge in [0.05, 0.1) is 0 Å². The molecule has 0 aliphatic carbocycles. The molecule has 1 rings (SSSR count). The minimum Gasteiger partial charge on any atom is -0.316 e. The quantitative estimate of drug-likeness (QED) is 0.709. The van der Waals surface area contributed by atoms with Crippen molar-refractivity contribution in [2.45, 2.75) is 19.9 Å². The fourth-order valence-corrected chi connectivity index (χ4v) is 1.40. The monoisotopic (exact) mass is 185 g/mol. The second kappa shape index (κ2) is 4.45. The summed E-state index contributed by atoms with van der Waals surface area (Å²) in [5, 5.41) is 9.20. The van der Waals surface area contributed by atoms with Gasteiger partial charge in [0.15, 0.2) is 0 Å². The lowest BCUT2D eigenvalue weighted by Gasteiger charge is -2.03. The Morgan fingerprint density at radius 2 is 2.00 bits per heavy atom. The van der Waals surface area contributed by atoms with Crippen molar-refractivity contribution in [2.75, 3.05) is 0 Å². The molecule has 0 aliphatic heterocycles.